The molecule has 3 heterocycles. The molecular formula is C14H19N5O2. The van der Waals surface area contributed by atoms with Crippen molar-refractivity contribution in [2.24, 2.45) is 0 Å². The molecule has 1 N–H and O–H groups in total. The normalized spacial score (nSPS) is 16.3. The molecule has 1 saturated heterocycles. The number of fused-ring (bicyclic) bond motifs is 1. The van der Waals surface area contributed by atoms with E-state index in [1.54, 1.807) is 12.4 Å². The van der Waals surface area contributed by atoms with Gasteiger partial charge < -0.3 is 15.0 Å². The first kappa shape index (κ1) is 13.8. The smallest absolute Gasteiger partial charge is 0.246 e. The van der Waals surface area contributed by atoms with E-state index in [-0.39, 0.29) is 18.6 Å². The van der Waals surface area contributed by atoms with Gasteiger partial charge in [0.05, 0.1) is 6.20 Å². The van der Waals surface area contributed by atoms with Crippen molar-refractivity contribution < 1.29 is 9.53 Å². The highest BCUT2D eigenvalue weighted by molar-refractivity contribution is 5.77. The third-order valence-corrected chi connectivity index (χ3v) is 3.73. The molecule has 1 amide bonds. The number of methoxy groups -OCH3 is 1. The average molecular weight is 289 g/mol. The quantitative estimate of drug-likeness (QED) is 0.885. The summed E-state index contributed by atoms with van der Waals surface area (Å²) in [6, 6.07) is 4.09. The van der Waals surface area contributed by atoms with E-state index in [1.807, 2.05) is 16.6 Å². The van der Waals surface area contributed by atoms with Gasteiger partial charge in [-0.25, -0.2) is 4.98 Å². The van der Waals surface area contributed by atoms with Gasteiger partial charge in [-0.3, -0.25) is 4.79 Å². The Hall–Kier alpha value is -2.15. The standard InChI is InChI=1S/C14H19N5O2/c1-21-10-13(20)17-11-4-8-18(9-5-11)14-3-6-15-12-2-7-16-19(12)14/h2-3,6-7,11H,4-5,8-10H2,1H3,(H,17,20). The number of nitrogens with zero attached hydrogens (tertiary/aromatic N) is 4. The SMILES string of the molecule is COCC(=O)NC1CCN(c2ccnc3ccnn23)CC1. The van der Waals surface area contributed by atoms with E-state index in [0.29, 0.717) is 0 Å². The minimum absolute atomic E-state index is 0.0469. The highest BCUT2D eigenvalue weighted by atomic mass is 16.5. The van der Waals surface area contributed by atoms with Gasteiger partial charge in [0.25, 0.3) is 0 Å². The van der Waals surface area contributed by atoms with Crippen LogP contribution >= 0.6 is 0 Å². The second-order valence-electron chi connectivity index (χ2n) is 5.17. The summed E-state index contributed by atoms with van der Waals surface area (Å²) in [4.78, 5) is 18.1. The molecule has 21 heavy (non-hydrogen) atoms. The molecule has 112 valence electrons. The maximum absolute atomic E-state index is 11.5. The van der Waals surface area contributed by atoms with Crippen LogP contribution in [0.5, 0.6) is 0 Å². The van der Waals surface area contributed by atoms with E-state index in [9.17, 15) is 4.79 Å². The Balaban J connectivity index is 1.63. The lowest BCUT2D eigenvalue weighted by molar-refractivity contribution is -0.125. The Morgan fingerprint density at radius 2 is 2.19 bits per heavy atom. The molecule has 0 bridgehead atoms. The van der Waals surface area contributed by atoms with Crippen molar-refractivity contribution in [1.82, 2.24) is 19.9 Å². The Bertz CT molecular complexity index is 619. The molecule has 2 aromatic rings. The fourth-order valence-corrected chi connectivity index (χ4v) is 2.71. The second kappa shape index (κ2) is 6.09. The maximum Gasteiger partial charge on any atom is 0.246 e. The summed E-state index contributed by atoms with van der Waals surface area (Å²) in [5.41, 5.74) is 0.850. The summed E-state index contributed by atoms with van der Waals surface area (Å²) < 4.78 is 6.68. The summed E-state index contributed by atoms with van der Waals surface area (Å²) >= 11 is 0. The molecule has 0 unspecified atom stereocenters. The molecule has 7 nitrogen and oxygen atoms in total. The molecule has 0 aliphatic carbocycles. The topological polar surface area (TPSA) is 71.8 Å². The van der Waals surface area contributed by atoms with Crippen molar-refractivity contribution in [2.75, 3.05) is 31.7 Å². The van der Waals surface area contributed by atoms with Gasteiger partial charge in [-0.15, -0.1) is 0 Å². The molecule has 0 spiro atoms. The van der Waals surface area contributed by atoms with E-state index < -0.39 is 0 Å². The fraction of sp³-hybridized carbons (Fsp3) is 0.500. The second-order valence-corrected chi connectivity index (χ2v) is 5.17. The van der Waals surface area contributed by atoms with Crippen LogP contribution in [0.3, 0.4) is 0 Å². The van der Waals surface area contributed by atoms with Gasteiger partial charge in [0.15, 0.2) is 5.65 Å². The van der Waals surface area contributed by atoms with E-state index in [2.05, 4.69) is 20.3 Å². The zero-order valence-corrected chi connectivity index (χ0v) is 12.0. The molecule has 2 aromatic heterocycles. The largest absolute Gasteiger partial charge is 0.375 e. The summed E-state index contributed by atoms with van der Waals surface area (Å²) in [5, 5.41) is 7.31. The molecular weight excluding hydrogens is 270 g/mol. The van der Waals surface area contributed by atoms with Crippen LogP contribution < -0.4 is 10.2 Å². The number of nitrogens with one attached hydrogen (secondary N) is 1. The molecule has 1 aliphatic rings. The third-order valence-electron chi connectivity index (χ3n) is 3.73. The van der Waals surface area contributed by atoms with Crippen molar-refractivity contribution in [3.8, 4) is 0 Å². The number of anilines is 1. The van der Waals surface area contributed by atoms with E-state index >= 15 is 0 Å². The Morgan fingerprint density at radius 1 is 1.38 bits per heavy atom. The van der Waals surface area contributed by atoms with Gasteiger partial charge in [0.2, 0.25) is 5.91 Å². The van der Waals surface area contributed by atoms with Crippen molar-refractivity contribution in [1.29, 1.82) is 0 Å². The van der Waals surface area contributed by atoms with Crippen LogP contribution in [0.15, 0.2) is 24.5 Å². The molecule has 7 heteroatoms. The fourth-order valence-electron chi connectivity index (χ4n) is 2.71. The van der Waals surface area contributed by atoms with Crippen molar-refractivity contribution in [3.05, 3.63) is 24.5 Å². The summed E-state index contributed by atoms with van der Waals surface area (Å²) in [5.74, 6) is 1.00. The average Bonchev–Trinajstić information content (AvgIpc) is 2.97. The molecule has 3 rings (SSSR count). The number of carbonyl (C=O) groups is 1. The zero-order chi connectivity index (χ0) is 14.7. The Morgan fingerprint density at radius 3 is 2.95 bits per heavy atom. The first-order valence-electron chi connectivity index (χ1n) is 7.10. The van der Waals surface area contributed by atoms with Crippen LogP contribution in [0.25, 0.3) is 5.65 Å². The lowest BCUT2D eigenvalue weighted by Gasteiger charge is -2.33. The first-order valence-corrected chi connectivity index (χ1v) is 7.10. The van der Waals surface area contributed by atoms with Crippen LogP contribution in [0, 0.1) is 0 Å². The van der Waals surface area contributed by atoms with Crippen molar-refractivity contribution >= 4 is 17.4 Å². The summed E-state index contributed by atoms with van der Waals surface area (Å²) in [6.45, 7) is 1.90. The van der Waals surface area contributed by atoms with Gasteiger partial charge in [0.1, 0.15) is 12.4 Å². The third kappa shape index (κ3) is 2.97. The number of aromatic nitrogens is 3. The first-order chi connectivity index (χ1) is 10.3. The molecule has 1 fully saturated rings. The highest BCUT2D eigenvalue weighted by Gasteiger charge is 2.22. The van der Waals surface area contributed by atoms with Crippen molar-refractivity contribution in [3.63, 3.8) is 0 Å². The molecule has 0 saturated carbocycles. The number of hydrogen-bond acceptors (Lipinski definition) is 5. The summed E-state index contributed by atoms with van der Waals surface area (Å²) in [6.07, 6.45) is 5.39. The highest BCUT2D eigenvalue weighted by Crippen LogP contribution is 2.20. The van der Waals surface area contributed by atoms with Gasteiger partial charge in [-0.1, -0.05) is 0 Å². The number of piperidine rings is 1. The van der Waals surface area contributed by atoms with Crippen LogP contribution in [-0.2, 0) is 9.53 Å². The Labute approximate surface area is 122 Å². The van der Waals surface area contributed by atoms with E-state index in [4.69, 9.17) is 4.74 Å². The number of hydrogen-bond donors (Lipinski definition) is 1. The minimum Gasteiger partial charge on any atom is -0.375 e. The van der Waals surface area contributed by atoms with Crippen molar-refractivity contribution in [2.45, 2.75) is 18.9 Å². The molecule has 0 radical (unpaired) electrons. The van der Waals surface area contributed by atoms with E-state index in [0.717, 1.165) is 37.4 Å². The number of carbonyl (C=O) groups excluding carboxylic acids is 1. The van der Waals surface area contributed by atoms with Crippen LogP contribution in [0.2, 0.25) is 0 Å². The van der Waals surface area contributed by atoms with Crippen LogP contribution in [0.4, 0.5) is 5.82 Å². The van der Waals surface area contributed by atoms with Gasteiger partial charge in [-0.2, -0.15) is 9.61 Å². The maximum atomic E-state index is 11.5. The number of ether oxygens (including phenoxy) is 1. The minimum atomic E-state index is -0.0469. The molecule has 1 aliphatic heterocycles. The molecule has 0 atom stereocenters. The lowest BCUT2D eigenvalue weighted by Crippen LogP contribution is -2.46. The predicted octanol–water partition coefficient (Wildman–Crippen LogP) is 0.461. The van der Waals surface area contributed by atoms with E-state index in [1.165, 1.54) is 7.11 Å². The lowest BCUT2D eigenvalue weighted by atomic mass is 10.1. The van der Waals surface area contributed by atoms with Crippen LogP contribution in [-0.4, -0.2) is 53.4 Å². The number of rotatable bonds is 4. The number of amides is 1. The van der Waals surface area contributed by atoms with Gasteiger partial charge in [0, 0.05) is 38.5 Å². The molecule has 0 aromatic carbocycles. The van der Waals surface area contributed by atoms with Gasteiger partial charge >= 0.3 is 0 Å². The monoisotopic (exact) mass is 289 g/mol. The van der Waals surface area contributed by atoms with Gasteiger partial charge in [-0.05, 0) is 18.9 Å². The zero-order valence-electron chi connectivity index (χ0n) is 12.0. The summed E-state index contributed by atoms with van der Waals surface area (Å²) in [7, 11) is 1.53. The predicted molar refractivity (Wildman–Crippen MR) is 78.2 cm³/mol. The Kier molecular flexibility index (Phi) is 4.01. The van der Waals surface area contributed by atoms with Crippen LogP contribution in [0.1, 0.15) is 12.8 Å².